The zero-order chi connectivity index (χ0) is 21.7. The predicted molar refractivity (Wildman–Crippen MR) is 109 cm³/mol. The van der Waals surface area contributed by atoms with Crippen LogP contribution in [-0.4, -0.2) is 44.0 Å². The standard InChI is InChI=1S/C21H21F3N4OS/c1-15-8-10-18(11-9-15)28-16(2)25-26-20(28)30-13-19(29)27(14-21(22,23)24)12-17-6-4-3-5-7-17/h3-11H,12-14H2,1-2H3. The minimum absolute atomic E-state index is 0.108. The molecule has 0 bridgehead atoms. The molecule has 9 heteroatoms. The number of carbonyl (C=O) groups is 1. The molecule has 0 N–H and O–H groups in total. The third kappa shape index (κ3) is 5.85. The number of aryl methyl sites for hydroxylation is 2. The maximum Gasteiger partial charge on any atom is 0.406 e. The second kappa shape index (κ2) is 9.34. The van der Waals surface area contributed by atoms with E-state index in [0.717, 1.165) is 27.9 Å². The van der Waals surface area contributed by atoms with Gasteiger partial charge in [0.25, 0.3) is 0 Å². The lowest BCUT2D eigenvalue weighted by Gasteiger charge is -2.24. The molecule has 158 valence electrons. The predicted octanol–water partition coefficient (Wildman–Crippen LogP) is 4.57. The normalized spacial score (nSPS) is 11.5. The van der Waals surface area contributed by atoms with Gasteiger partial charge in [0.2, 0.25) is 5.91 Å². The number of aromatic nitrogens is 3. The Morgan fingerprint density at radius 3 is 2.33 bits per heavy atom. The first-order valence-corrected chi connectivity index (χ1v) is 10.2. The summed E-state index contributed by atoms with van der Waals surface area (Å²) in [6.07, 6.45) is -4.48. The Bertz CT molecular complexity index is 988. The van der Waals surface area contributed by atoms with E-state index in [1.165, 1.54) is 0 Å². The molecule has 0 radical (unpaired) electrons. The second-order valence-electron chi connectivity index (χ2n) is 6.84. The van der Waals surface area contributed by atoms with E-state index in [-0.39, 0.29) is 12.3 Å². The van der Waals surface area contributed by atoms with Gasteiger partial charge in [-0.05, 0) is 31.5 Å². The average molecular weight is 434 g/mol. The van der Waals surface area contributed by atoms with E-state index in [2.05, 4.69) is 10.2 Å². The third-order valence-electron chi connectivity index (χ3n) is 4.35. The van der Waals surface area contributed by atoms with Crippen LogP contribution in [0.3, 0.4) is 0 Å². The van der Waals surface area contributed by atoms with Gasteiger partial charge in [0.1, 0.15) is 12.4 Å². The van der Waals surface area contributed by atoms with Gasteiger partial charge < -0.3 is 4.90 Å². The molecule has 1 aromatic heterocycles. The van der Waals surface area contributed by atoms with Crippen LogP contribution in [0.2, 0.25) is 0 Å². The molecule has 0 saturated heterocycles. The second-order valence-corrected chi connectivity index (χ2v) is 7.78. The van der Waals surface area contributed by atoms with Gasteiger partial charge in [-0.15, -0.1) is 10.2 Å². The smallest absolute Gasteiger partial charge is 0.329 e. The molecule has 0 aliphatic carbocycles. The molecule has 3 aromatic rings. The van der Waals surface area contributed by atoms with E-state index in [1.807, 2.05) is 31.2 Å². The number of benzene rings is 2. The van der Waals surface area contributed by atoms with Gasteiger partial charge in [0.05, 0.1) is 5.75 Å². The molecule has 0 saturated carbocycles. The molecule has 0 unspecified atom stereocenters. The SMILES string of the molecule is Cc1ccc(-n2c(C)nnc2SCC(=O)N(Cc2ccccc2)CC(F)(F)F)cc1. The molecule has 0 fully saturated rings. The Kier molecular flexibility index (Phi) is 6.81. The number of halogens is 3. The highest BCUT2D eigenvalue weighted by Gasteiger charge is 2.33. The molecular weight excluding hydrogens is 413 g/mol. The van der Waals surface area contributed by atoms with Gasteiger partial charge in [-0.1, -0.05) is 59.8 Å². The lowest BCUT2D eigenvalue weighted by atomic mass is 10.2. The lowest BCUT2D eigenvalue weighted by molar-refractivity contribution is -0.160. The first kappa shape index (κ1) is 21.9. The van der Waals surface area contributed by atoms with Crippen molar-refractivity contribution in [2.45, 2.75) is 31.7 Å². The molecule has 5 nitrogen and oxygen atoms in total. The molecule has 0 atom stereocenters. The molecule has 30 heavy (non-hydrogen) atoms. The Morgan fingerprint density at radius 2 is 1.70 bits per heavy atom. The maximum absolute atomic E-state index is 13.0. The van der Waals surface area contributed by atoms with E-state index in [4.69, 9.17) is 0 Å². The van der Waals surface area contributed by atoms with Crippen LogP contribution >= 0.6 is 11.8 Å². The number of alkyl halides is 3. The zero-order valence-electron chi connectivity index (χ0n) is 16.6. The van der Waals surface area contributed by atoms with Crippen molar-refractivity contribution >= 4 is 17.7 Å². The summed E-state index contributed by atoms with van der Waals surface area (Å²) in [5, 5.41) is 8.59. The van der Waals surface area contributed by atoms with E-state index < -0.39 is 18.6 Å². The van der Waals surface area contributed by atoms with Crippen LogP contribution < -0.4 is 0 Å². The van der Waals surface area contributed by atoms with Crippen LogP contribution in [0.1, 0.15) is 17.0 Å². The summed E-state index contributed by atoms with van der Waals surface area (Å²) in [6.45, 7) is 2.34. The highest BCUT2D eigenvalue weighted by Crippen LogP contribution is 2.24. The minimum atomic E-state index is -4.48. The number of rotatable bonds is 7. The molecule has 1 heterocycles. The summed E-state index contributed by atoms with van der Waals surface area (Å²) in [7, 11) is 0. The quantitative estimate of drug-likeness (QED) is 0.512. The highest BCUT2D eigenvalue weighted by atomic mass is 32.2. The topological polar surface area (TPSA) is 51.0 Å². The highest BCUT2D eigenvalue weighted by molar-refractivity contribution is 7.99. The first-order chi connectivity index (χ1) is 14.2. The van der Waals surface area contributed by atoms with E-state index in [0.29, 0.717) is 16.5 Å². The zero-order valence-corrected chi connectivity index (χ0v) is 17.4. The minimum Gasteiger partial charge on any atom is -0.329 e. The van der Waals surface area contributed by atoms with Gasteiger partial charge in [0.15, 0.2) is 5.16 Å². The van der Waals surface area contributed by atoms with E-state index >= 15 is 0 Å². The molecular formula is C21H21F3N4OS. The van der Waals surface area contributed by atoms with Crippen LogP contribution in [0.4, 0.5) is 13.2 Å². The summed E-state index contributed by atoms with van der Waals surface area (Å²) >= 11 is 1.07. The summed E-state index contributed by atoms with van der Waals surface area (Å²) in [4.78, 5) is 13.5. The summed E-state index contributed by atoms with van der Waals surface area (Å²) in [5.74, 6) is -0.157. The fourth-order valence-corrected chi connectivity index (χ4v) is 3.80. The number of amides is 1. The number of hydrogen-bond acceptors (Lipinski definition) is 4. The molecule has 1 amide bonds. The number of hydrogen-bond donors (Lipinski definition) is 0. The molecule has 3 rings (SSSR count). The number of nitrogens with zero attached hydrogens (tertiary/aromatic N) is 4. The van der Waals surface area contributed by atoms with Crippen LogP contribution in [0.15, 0.2) is 59.8 Å². The fourth-order valence-electron chi connectivity index (χ4n) is 2.90. The first-order valence-electron chi connectivity index (χ1n) is 9.23. The average Bonchev–Trinajstić information content (AvgIpc) is 3.06. The molecule has 2 aromatic carbocycles. The van der Waals surface area contributed by atoms with Crippen molar-refractivity contribution in [3.63, 3.8) is 0 Å². The largest absolute Gasteiger partial charge is 0.406 e. The van der Waals surface area contributed by atoms with Crippen molar-refractivity contribution in [3.05, 3.63) is 71.5 Å². The van der Waals surface area contributed by atoms with Gasteiger partial charge in [-0.2, -0.15) is 13.2 Å². The van der Waals surface area contributed by atoms with Gasteiger partial charge in [-0.3, -0.25) is 9.36 Å². The maximum atomic E-state index is 13.0. The molecule has 0 spiro atoms. The monoisotopic (exact) mass is 434 g/mol. The lowest BCUT2D eigenvalue weighted by Crippen LogP contribution is -2.39. The van der Waals surface area contributed by atoms with Crippen LogP contribution in [0, 0.1) is 13.8 Å². The molecule has 0 aliphatic rings. The molecule has 0 aliphatic heterocycles. The van der Waals surface area contributed by atoms with Crippen molar-refractivity contribution in [1.29, 1.82) is 0 Å². The van der Waals surface area contributed by atoms with Crippen molar-refractivity contribution < 1.29 is 18.0 Å². The van der Waals surface area contributed by atoms with Crippen molar-refractivity contribution in [2.24, 2.45) is 0 Å². The van der Waals surface area contributed by atoms with Crippen molar-refractivity contribution in [1.82, 2.24) is 19.7 Å². The Hall–Kier alpha value is -2.81. The third-order valence-corrected chi connectivity index (χ3v) is 5.26. The van der Waals surface area contributed by atoms with Gasteiger partial charge in [-0.25, -0.2) is 0 Å². The Labute approximate surface area is 176 Å². The fraction of sp³-hybridized carbons (Fsp3) is 0.286. The summed E-state index contributed by atoms with van der Waals surface area (Å²) in [6, 6.07) is 16.3. The Morgan fingerprint density at radius 1 is 1.03 bits per heavy atom. The van der Waals surface area contributed by atoms with E-state index in [9.17, 15) is 18.0 Å². The van der Waals surface area contributed by atoms with Crippen LogP contribution in [0.5, 0.6) is 0 Å². The summed E-state index contributed by atoms with van der Waals surface area (Å²) < 4.78 is 40.9. The Balaban J connectivity index is 1.74. The number of carbonyl (C=O) groups excluding carboxylic acids is 1. The van der Waals surface area contributed by atoms with Gasteiger partial charge >= 0.3 is 6.18 Å². The van der Waals surface area contributed by atoms with Crippen molar-refractivity contribution in [3.8, 4) is 5.69 Å². The van der Waals surface area contributed by atoms with Crippen LogP contribution in [0.25, 0.3) is 5.69 Å². The van der Waals surface area contributed by atoms with E-state index in [1.54, 1.807) is 41.8 Å². The van der Waals surface area contributed by atoms with Crippen molar-refractivity contribution in [2.75, 3.05) is 12.3 Å². The van der Waals surface area contributed by atoms with Crippen LogP contribution in [-0.2, 0) is 11.3 Å². The summed E-state index contributed by atoms with van der Waals surface area (Å²) in [5.41, 5.74) is 2.56. The number of thioether (sulfide) groups is 1. The van der Waals surface area contributed by atoms with Gasteiger partial charge in [0, 0.05) is 12.2 Å².